The number of nitrogens with zero attached hydrogens (tertiary/aromatic N) is 1. The average molecular weight is 384 g/mol. The van der Waals surface area contributed by atoms with Gasteiger partial charge in [0, 0.05) is 25.0 Å². The number of carbonyl (C=O) groups is 1. The number of benzene rings is 1. The fourth-order valence-electron chi connectivity index (χ4n) is 2.02. The van der Waals surface area contributed by atoms with E-state index in [9.17, 15) is 13.2 Å². The molecule has 7 nitrogen and oxygen atoms in total. The second-order valence-electron chi connectivity index (χ2n) is 5.26. The van der Waals surface area contributed by atoms with Gasteiger partial charge in [-0.15, -0.1) is 11.3 Å². The normalized spacial score (nSPS) is 11.4. The molecule has 0 saturated heterocycles. The average Bonchev–Trinajstić information content (AvgIpc) is 3.08. The van der Waals surface area contributed by atoms with Crippen LogP contribution in [0.1, 0.15) is 15.2 Å². The van der Waals surface area contributed by atoms with Crippen LogP contribution >= 0.6 is 11.3 Å². The van der Waals surface area contributed by atoms with E-state index in [0.29, 0.717) is 17.1 Å². The molecule has 0 atom stereocenters. The van der Waals surface area contributed by atoms with Crippen molar-refractivity contribution in [1.29, 1.82) is 0 Å². The molecular weight excluding hydrogens is 364 g/mol. The molecule has 0 bridgehead atoms. The Hall–Kier alpha value is -2.10. The van der Waals surface area contributed by atoms with Crippen LogP contribution in [0.3, 0.4) is 0 Å². The lowest BCUT2D eigenvalue weighted by molar-refractivity contribution is 0.0948. The molecule has 2 aromatic rings. The fourth-order valence-corrected chi connectivity index (χ4v) is 4.48. The zero-order chi connectivity index (χ0) is 18.6. The minimum atomic E-state index is -3.46. The van der Waals surface area contributed by atoms with E-state index in [1.807, 2.05) is 0 Å². The summed E-state index contributed by atoms with van der Waals surface area (Å²) in [6.45, 7) is 0.224. The van der Waals surface area contributed by atoms with Crippen molar-refractivity contribution in [1.82, 2.24) is 9.62 Å². The van der Waals surface area contributed by atoms with Crippen molar-refractivity contribution >= 4 is 27.3 Å². The first-order chi connectivity index (χ1) is 11.8. The Balaban J connectivity index is 2.10. The Morgan fingerprint density at radius 3 is 2.48 bits per heavy atom. The van der Waals surface area contributed by atoms with Gasteiger partial charge in [-0.05, 0) is 24.3 Å². The van der Waals surface area contributed by atoms with Gasteiger partial charge in [0.1, 0.15) is 15.7 Å². The predicted molar refractivity (Wildman–Crippen MR) is 95.9 cm³/mol. The molecule has 136 valence electrons. The molecule has 1 aromatic heterocycles. The molecule has 0 aliphatic carbocycles. The molecule has 0 aliphatic rings. The molecule has 0 unspecified atom stereocenters. The minimum Gasteiger partial charge on any atom is -0.497 e. The zero-order valence-corrected chi connectivity index (χ0v) is 16.0. The number of thiophene rings is 1. The van der Waals surface area contributed by atoms with Gasteiger partial charge in [-0.1, -0.05) is 0 Å². The maximum atomic E-state index is 12.4. The third kappa shape index (κ3) is 4.30. The topological polar surface area (TPSA) is 84.9 Å². The molecule has 1 amide bonds. The van der Waals surface area contributed by atoms with Crippen LogP contribution < -0.4 is 14.8 Å². The lowest BCUT2D eigenvalue weighted by Gasteiger charge is -2.10. The molecule has 1 heterocycles. The second kappa shape index (κ2) is 7.85. The van der Waals surface area contributed by atoms with Crippen LogP contribution in [-0.2, 0) is 16.6 Å². The number of amides is 1. The molecule has 0 spiro atoms. The van der Waals surface area contributed by atoms with E-state index < -0.39 is 10.0 Å². The highest BCUT2D eigenvalue weighted by Crippen LogP contribution is 2.26. The van der Waals surface area contributed by atoms with Gasteiger partial charge in [-0.2, -0.15) is 0 Å². The summed E-state index contributed by atoms with van der Waals surface area (Å²) in [7, 11) is 2.51. The highest BCUT2D eigenvalue weighted by atomic mass is 32.2. The van der Waals surface area contributed by atoms with Crippen LogP contribution in [0.15, 0.2) is 34.5 Å². The molecule has 1 aromatic carbocycles. The van der Waals surface area contributed by atoms with Gasteiger partial charge < -0.3 is 14.8 Å². The third-order valence-electron chi connectivity index (χ3n) is 3.45. The summed E-state index contributed by atoms with van der Waals surface area (Å²) in [6.07, 6.45) is 0. The van der Waals surface area contributed by atoms with Crippen molar-refractivity contribution in [2.24, 2.45) is 0 Å². The second-order valence-corrected chi connectivity index (χ2v) is 8.80. The lowest BCUT2D eigenvalue weighted by Crippen LogP contribution is -2.23. The molecule has 0 radical (unpaired) electrons. The van der Waals surface area contributed by atoms with E-state index in [1.54, 1.807) is 24.3 Å². The van der Waals surface area contributed by atoms with E-state index in [4.69, 9.17) is 9.47 Å². The monoisotopic (exact) mass is 384 g/mol. The summed E-state index contributed by atoms with van der Waals surface area (Å²) >= 11 is 1.13. The summed E-state index contributed by atoms with van der Waals surface area (Å²) in [5.41, 5.74) is 0.376. The van der Waals surface area contributed by atoms with Crippen LogP contribution in [0, 0.1) is 0 Å². The molecule has 25 heavy (non-hydrogen) atoms. The van der Waals surface area contributed by atoms with Gasteiger partial charge in [0.25, 0.3) is 15.9 Å². The van der Waals surface area contributed by atoms with Crippen LogP contribution in [-0.4, -0.2) is 46.9 Å². The Morgan fingerprint density at radius 1 is 1.16 bits per heavy atom. The first-order valence-corrected chi connectivity index (χ1v) is 9.56. The largest absolute Gasteiger partial charge is 0.497 e. The summed E-state index contributed by atoms with van der Waals surface area (Å²) in [6, 6.07) is 8.14. The smallest absolute Gasteiger partial charge is 0.255 e. The summed E-state index contributed by atoms with van der Waals surface area (Å²) in [5.74, 6) is 0.675. The number of hydrogen-bond acceptors (Lipinski definition) is 6. The van der Waals surface area contributed by atoms with Crippen LogP contribution in [0.4, 0.5) is 0 Å². The predicted octanol–water partition coefficient (Wildman–Crippen LogP) is 1.95. The zero-order valence-electron chi connectivity index (χ0n) is 14.4. The number of methoxy groups -OCH3 is 2. The number of carbonyl (C=O) groups excluding carboxylic acids is 1. The van der Waals surface area contributed by atoms with Gasteiger partial charge in [0.2, 0.25) is 0 Å². The molecule has 0 saturated carbocycles. The number of hydrogen-bond donors (Lipinski definition) is 1. The van der Waals surface area contributed by atoms with Crippen molar-refractivity contribution in [2.45, 2.75) is 10.8 Å². The highest BCUT2D eigenvalue weighted by Gasteiger charge is 2.20. The van der Waals surface area contributed by atoms with Crippen LogP contribution in [0.5, 0.6) is 11.5 Å². The van der Waals surface area contributed by atoms with E-state index >= 15 is 0 Å². The van der Waals surface area contributed by atoms with Crippen molar-refractivity contribution in [3.63, 3.8) is 0 Å². The number of sulfonamides is 1. The lowest BCUT2D eigenvalue weighted by atomic mass is 10.1. The molecule has 0 aliphatic heterocycles. The molecule has 1 N–H and O–H groups in total. The van der Waals surface area contributed by atoms with E-state index in [2.05, 4.69) is 5.32 Å². The van der Waals surface area contributed by atoms with Crippen molar-refractivity contribution in [3.05, 3.63) is 40.8 Å². The van der Waals surface area contributed by atoms with Crippen molar-refractivity contribution in [2.75, 3.05) is 28.3 Å². The maximum Gasteiger partial charge on any atom is 0.255 e. The van der Waals surface area contributed by atoms with Gasteiger partial charge in [-0.3, -0.25) is 4.79 Å². The number of ether oxygens (including phenoxy) is 2. The quantitative estimate of drug-likeness (QED) is 0.789. The van der Waals surface area contributed by atoms with Crippen LogP contribution in [0.25, 0.3) is 0 Å². The Bertz CT molecular complexity index is 859. The Morgan fingerprint density at radius 2 is 1.88 bits per heavy atom. The van der Waals surface area contributed by atoms with Gasteiger partial charge in [0.15, 0.2) is 0 Å². The maximum absolute atomic E-state index is 12.4. The first-order valence-electron chi connectivity index (χ1n) is 7.31. The van der Waals surface area contributed by atoms with Gasteiger partial charge in [-0.25, -0.2) is 12.7 Å². The third-order valence-corrected chi connectivity index (χ3v) is 6.82. The summed E-state index contributed by atoms with van der Waals surface area (Å²) in [4.78, 5) is 13.1. The van der Waals surface area contributed by atoms with Gasteiger partial charge >= 0.3 is 0 Å². The van der Waals surface area contributed by atoms with Crippen molar-refractivity contribution in [3.8, 4) is 11.5 Å². The minimum absolute atomic E-state index is 0.224. The Kier molecular flexibility index (Phi) is 6.04. The van der Waals surface area contributed by atoms with E-state index in [1.165, 1.54) is 34.4 Å². The van der Waals surface area contributed by atoms with E-state index in [-0.39, 0.29) is 16.7 Å². The highest BCUT2D eigenvalue weighted by molar-refractivity contribution is 7.91. The van der Waals surface area contributed by atoms with Crippen molar-refractivity contribution < 1.29 is 22.7 Å². The Labute approximate surface area is 151 Å². The standard InChI is InChI=1S/C16H20N2O5S2/c1-18(2)25(20,21)15-8-6-12(24-15)10-17-16(19)13-7-5-11(22-3)9-14(13)23-4/h5-9H,10H2,1-4H3,(H,17,19). The fraction of sp³-hybridized carbons (Fsp3) is 0.312. The molecule has 2 rings (SSSR count). The van der Waals surface area contributed by atoms with E-state index in [0.717, 1.165) is 20.5 Å². The number of nitrogens with one attached hydrogen (secondary N) is 1. The molecule has 9 heteroatoms. The summed E-state index contributed by atoms with van der Waals surface area (Å²) in [5, 5.41) is 2.76. The van der Waals surface area contributed by atoms with Gasteiger partial charge in [0.05, 0.1) is 26.3 Å². The first kappa shape index (κ1) is 19.2. The summed E-state index contributed by atoms with van der Waals surface area (Å²) < 4.78 is 35.9. The SMILES string of the molecule is COc1ccc(C(=O)NCc2ccc(S(=O)(=O)N(C)C)s2)c(OC)c1. The molecule has 0 fully saturated rings. The molecular formula is C16H20N2O5S2. The van der Waals surface area contributed by atoms with Crippen LogP contribution in [0.2, 0.25) is 0 Å². The number of rotatable bonds is 7.